The standard InChI is InChI=1S/C10H14FN3/c11-9-3-5-13-6-8(9)7-2-1-4-14-10(7)12/h1-2,4,8-9,13H,3,5-6H2,(H2,12,14)/t8-,9+/m1/s1. The molecule has 0 aliphatic carbocycles. The van der Waals surface area contributed by atoms with Gasteiger partial charge in [0.2, 0.25) is 0 Å². The van der Waals surface area contributed by atoms with Gasteiger partial charge in [-0.15, -0.1) is 0 Å². The smallest absolute Gasteiger partial charge is 0.126 e. The maximum absolute atomic E-state index is 13.6. The summed E-state index contributed by atoms with van der Waals surface area (Å²) in [5.74, 6) is 0.307. The zero-order chi connectivity index (χ0) is 9.97. The largest absolute Gasteiger partial charge is 0.383 e. The number of alkyl halides is 1. The lowest BCUT2D eigenvalue weighted by molar-refractivity contribution is 0.228. The molecule has 0 saturated carbocycles. The summed E-state index contributed by atoms with van der Waals surface area (Å²) in [6, 6.07) is 3.65. The third-order valence-electron chi connectivity index (χ3n) is 2.67. The molecule has 1 aromatic heterocycles. The summed E-state index contributed by atoms with van der Waals surface area (Å²) in [5.41, 5.74) is 6.53. The molecule has 4 heteroatoms. The summed E-state index contributed by atoms with van der Waals surface area (Å²) in [5, 5.41) is 3.17. The van der Waals surface area contributed by atoms with Crippen LogP contribution >= 0.6 is 0 Å². The number of nitrogens with one attached hydrogen (secondary N) is 1. The van der Waals surface area contributed by atoms with Gasteiger partial charge in [-0.2, -0.15) is 0 Å². The molecule has 1 fully saturated rings. The first-order valence-corrected chi connectivity index (χ1v) is 4.84. The van der Waals surface area contributed by atoms with Gasteiger partial charge in [-0.1, -0.05) is 6.07 Å². The van der Waals surface area contributed by atoms with E-state index < -0.39 is 6.17 Å². The summed E-state index contributed by atoms with van der Waals surface area (Å²) in [6.45, 7) is 1.40. The van der Waals surface area contributed by atoms with Gasteiger partial charge < -0.3 is 11.1 Å². The molecule has 14 heavy (non-hydrogen) atoms. The van der Waals surface area contributed by atoms with Crippen molar-refractivity contribution in [1.82, 2.24) is 10.3 Å². The first-order valence-electron chi connectivity index (χ1n) is 4.84. The maximum atomic E-state index is 13.6. The number of nitrogens with zero attached hydrogens (tertiary/aromatic N) is 1. The van der Waals surface area contributed by atoms with Crippen LogP contribution in [0, 0.1) is 0 Å². The fraction of sp³-hybridized carbons (Fsp3) is 0.500. The average Bonchev–Trinajstić information content (AvgIpc) is 2.20. The van der Waals surface area contributed by atoms with E-state index in [-0.39, 0.29) is 5.92 Å². The first kappa shape index (κ1) is 9.40. The summed E-state index contributed by atoms with van der Waals surface area (Å²) in [6.07, 6.45) is 1.38. The molecule has 0 bridgehead atoms. The maximum Gasteiger partial charge on any atom is 0.126 e. The van der Waals surface area contributed by atoms with Crippen molar-refractivity contribution < 1.29 is 4.39 Å². The predicted octanol–water partition coefficient (Wildman–Crippen LogP) is 1.08. The molecule has 0 aromatic carbocycles. The van der Waals surface area contributed by atoms with E-state index in [4.69, 9.17) is 5.73 Å². The minimum Gasteiger partial charge on any atom is -0.383 e. The Balaban J connectivity index is 2.25. The summed E-state index contributed by atoms with van der Waals surface area (Å²) in [7, 11) is 0. The lowest BCUT2D eigenvalue weighted by Crippen LogP contribution is -2.36. The number of pyridine rings is 1. The van der Waals surface area contributed by atoms with E-state index in [1.807, 2.05) is 6.07 Å². The second-order valence-electron chi connectivity index (χ2n) is 3.59. The highest BCUT2D eigenvalue weighted by molar-refractivity contribution is 5.42. The van der Waals surface area contributed by atoms with Crippen molar-refractivity contribution in [2.75, 3.05) is 18.8 Å². The van der Waals surface area contributed by atoms with Gasteiger partial charge in [0.15, 0.2) is 0 Å². The number of hydrogen-bond donors (Lipinski definition) is 2. The number of hydrogen-bond acceptors (Lipinski definition) is 3. The van der Waals surface area contributed by atoms with Crippen LogP contribution in [0.3, 0.4) is 0 Å². The molecule has 2 heterocycles. The van der Waals surface area contributed by atoms with E-state index in [0.717, 1.165) is 12.1 Å². The molecule has 3 N–H and O–H groups in total. The van der Waals surface area contributed by atoms with Crippen molar-refractivity contribution in [2.24, 2.45) is 0 Å². The van der Waals surface area contributed by atoms with Gasteiger partial charge in [-0.05, 0) is 19.0 Å². The Morgan fingerprint density at radius 3 is 3.14 bits per heavy atom. The lowest BCUT2D eigenvalue weighted by atomic mass is 9.90. The van der Waals surface area contributed by atoms with Crippen LogP contribution in [-0.4, -0.2) is 24.2 Å². The molecule has 1 aliphatic rings. The number of halogens is 1. The van der Waals surface area contributed by atoms with Crippen LogP contribution < -0.4 is 11.1 Å². The van der Waals surface area contributed by atoms with Crippen LogP contribution in [0.1, 0.15) is 17.9 Å². The number of nitrogen functional groups attached to an aromatic ring is 1. The molecule has 2 atom stereocenters. The Bertz CT molecular complexity index is 316. The summed E-state index contributed by atoms with van der Waals surface area (Å²) < 4.78 is 13.6. The van der Waals surface area contributed by atoms with E-state index in [1.165, 1.54) is 0 Å². The third kappa shape index (κ3) is 1.70. The average molecular weight is 195 g/mol. The van der Waals surface area contributed by atoms with Crippen molar-refractivity contribution >= 4 is 5.82 Å². The number of nitrogens with two attached hydrogens (primary N) is 1. The molecule has 3 nitrogen and oxygen atoms in total. The van der Waals surface area contributed by atoms with Gasteiger partial charge in [-0.25, -0.2) is 9.37 Å². The quantitative estimate of drug-likeness (QED) is 0.705. The Morgan fingerprint density at radius 1 is 1.57 bits per heavy atom. The van der Waals surface area contributed by atoms with Gasteiger partial charge in [-0.3, -0.25) is 0 Å². The van der Waals surface area contributed by atoms with Crippen LogP contribution in [-0.2, 0) is 0 Å². The fourth-order valence-electron chi connectivity index (χ4n) is 1.87. The van der Waals surface area contributed by atoms with E-state index in [1.54, 1.807) is 12.3 Å². The molecule has 76 valence electrons. The van der Waals surface area contributed by atoms with Crippen molar-refractivity contribution in [1.29, 1.82) is 0 Å². The number of piperidine rings is 1. The number of rotatable bonds is 1. The zero-order valence-electron chi connectivity index (χ0n) is 7.91. The van der Waals surface area contributed by atoms with E-state index in [9.17, 15) is 4.39 Å². The topological polar surface area (TPSA) is 50.9 Å². The molecule has 1 aliphatic heterocycles. The highest BCUT2D eigenvalue weighted by Crippen LogP contribution is 2.28. The van der Waals surface area contributed by atoms with E-state index in [2.05, 4.69) is 10.3 Å². The van der Waals surface area contributed by atoms with Crippen molar-refractivity contribution in [3.63, 3.8) is 0 Å². The van der Waals surface area contributed by atoms with Crippen molar-refractivity contribution in [3.8, 4) is 0 Å². The normalized spacial score (nSPS) is 27.5. The number of aromatic nitrogens is 1. The second kappa shape index (κ2) is 3.92. The Morgan fingerprint density at radius 2 is 2.43 bits per heavy atom. The SMILES string of the molecule is Nc1ncccc1[C@H]1CNCC[C@@H]1F. The predicted molar refractivity (Wildman–Crippen MR) is 53.8 cm³/mol. The van der Waals surface area contributed by atoms with Crippen LogP contribution in [0.25, 0.3) is 0 Å². The van der Waals surface area contributed by atoms with Gasteiger partial charge in [0.1, 0.15) is 12.0 Å². The molecule has 2 rings (SSSR count). The van der Waals surface area contributed by atoms with Gasteiger partial charge in [0, 0.05) is 24.2 Å². The van der Waals surface area contributed by atoms with Crippen LogP contribution in [0.15, 0.2) is 18.3 Å². The van der Waals surface area contributed by atoms with E-state index >= 15 is 0 Å². The second-order valence-corrected chi connectivity index (χ2v) is 3.59. The Labute approximate surface area is 82.5 Å². The molecular weight excluding hydrogens is 181 g/mol. The summed E-state index contributed by atoms with van der Waals surface area (Å²) >= 11 is 0. The third-order valence-corrected chi connectivity index (χ3v) is 2.67. The number of anilines is 1. The minimum atomic E-state index is -0.803. The monoisotopic (exact) mass is 195 g/mol. The van der Waals surface area contributed by atoms with Crippen molar-refractivity contribution in [3.05, 3.63) is 23.9 Å². The van der Waals surface area contributed by atoms with Crippen LogP contribution in [0.2, 0.25) is 0 Å². The van der Waals surface area contributed by atoms with Gasteiger partial charge in [0.05, 0.1) is 0 Å². The minimum absolute atomic E-state index is 0.141. The molecule has 1 aromatic rings. The molecular formula is C10H14FN3. The summed E-state index contributed by atoms with van der Waals surface area (Å²) in [4.78, 5) is 3.97. The van der Waals surface area contributed by atoms with E-state index in [0.29, 0.717) is 18.8 Å². The fourth-order valence-corrected chi connectivity index (χ4v) is 1.87. The lowest BCUT2D eigenvalue weighted by Gasteiger charge is -2.27. The molecule has 1 saturated heterocycles. The van der Waals surface area contributed by atoms with Crippen LogP contribution in [0.4, 0.5) is 10.2 Å². The molecule has 0 spiro atoms. The first-order chi connectivity index (χ1) is 6.79. The molecule has 0 radical (unpaired) electrons. The van der Waals surface area contributed by atoms with Gasteiger partial charge in [0.25, 0.3) is 0 Å². The van der Waals surface area contributed by atoms with Crippen LogP contribution in [0.5, 0.6) is 0 Å². The Kier molecular flexibility index (Phi) is 2.63. The Hall–Kier alpha value is -1.16. The highest BCUT2D eigenvalue weighted by Gasteiger charge is 2.27. The highest BCUT2D eigenvalue weighted by atomic mass is 19.1. The van der Waals surface area contributed by atoms with Crippen molar-refractivity contribution in [2.45, 2.75) is 18.5 Å². The molecule has 0 unspecified atom stereocenters. The van der Waals surface area contributed by atoms with Gasteiger partial charge >= 0.3 is 0 Å². The zero-order valence-corrected chi connectivity index (χ0v) is 7.91. The molecule has 0 amide bonds.